The first-order valence-electron chi connectivity index (χ1n) is 6.51. The summed E-state index contributed by atoms with van der Waals surface area (Å²) in [5.41, 5.74) is 1.06. The summed E-state index contributed by atoms with van der Waals surface area (Å²) < 4.78 is 0. The molecule has 0 N–H and O–H groups in total. The van der Waals surface area contributed by atoms with E-state index >= 15 is 0 Å². The summed E-state index contributed by atoms with van der Waals surface area (Å²) in [7, 11) is 0. The maximum Gasteiger partial charge on any atom is 0.232 e. The number of likely N-dealkylation sites (tertiary alicyclic amines) is 1. The van der Waals surface area contributed by atoms with E-state index in [1.165, 1.54) is 11.8 Å². The minimum Gasteiger partial charge on any atom is -0.342 e. The molecule has 1 fully saturated rings. The number of carbonyl (C=O) groups is 1. The molecule has 1 aliphatic rings. The Morgan fingerprint density at radius 2 is 2.17 bits per heavy atom. The predicted molar refractivity (Wildman–Crippen MR) is 72.6 cm³/mol. The molecule has 1 aromatic rings. The smallest absolute Gasteiger partial charge is 0.232 e. The number of aromatic nitrogens is 2. The molecule has 5 heteroatoms. The van der Waals surface area contributed by atoms with Crippen LogP contribution >= 0.6 is 11.8 Å². The molecule has 18 heavy (non-hydrogen) atoms. The second-order valence-corrected chi connectivity index (χ2v) is 5.47. The first-order valence-corrected chi connectivity index (χ1v) is 7.49. The topological polar surface area (TPSA) is 46.1 Å². The number of aryl methyl sites for hydroxylation is 1. The Labute approximate surface area is 112 Å². The standard InChI is InChI=1S/C13H19N3OS/c1-2-5-11-8-12(15-10-14-11)18-9-13(17)16-6-3-4-7-16/h8,10H,2-7,9H2,1H3. The van der Waals surface area contributed by atoms with Crippen LogP contribution in [0.25, 0.3) is 0 Å². The zero-order chi connectivity index (χ0) is 12.8. The molecule has 1 amide bonds. The fraction of sp³-hybridized carbons (Fsp3) is 0.615. The van der Waals surface area contributed by atoms with Crippen molar-refractivity contribution in [2.45, 2.75) is 37.6 Å². The first kappa shape index (κ1) is 13.3. The van der Waals surface area contributed by atoms with Crippen LogP contribution in [0.2, 0.25) is 0 Å². The molecule has 2 rings (SSSR count). The van der Waals surface area contributed by atoms with Crippen molar-refractivity contribution in [2.75, 3.05) is 18.8 Å². The average molecular weight is 265 g/mol. The van der Waals surface area contributed by atoms with Crippen molar-refractivity contribution in [1.29, 1.82) is 0 Å². The van der Waals surface area contributed by atoms with Gasteiger partial charge in [0, 0.05) is 18.8 Å². The highest BCUT2D eigenvalue weighted by Crippen LogP contribution is 2.18. The third-order valence-corrected chi connectivity index (χ3v) is 3.92. The van der Waals surface area contributed by atoms with Crippen molar-refractivity contribution in [2.24, 2.45) is 0 Å². The van der Waals surface area contributed by atoms with Gasteiger partial charge in [-0.25, -0.2) is 9.97 Å². The van der Waals surface area contributed by atoms with Crippen LogP contribution in [0.4, 0.5) is 0 Å². The van der Waals surface area contributed by atoms with Crippen LogP contribution in [0.3, 0.4) is 0 Å². The van der Waals surface area contributed by atoms with Gasteiger partial charge in [-0.15, -0.1) is 0 Å². The minimum atomic E-state index is 0.230. The van der Waals surface area contributed by atoms with Gasteiger partial charge in [0.1, 0.15) is 11.4 Å². The van der Waals surface area contributed by atoms with Crippen LogP contribution in [0, 0.1) is 0 Å². The van der Waals surface area contributed by atoms with Crippen LogP contribution < -0.4 is 0 Å². The maximum atomic E-state index is 11.9. The van der Waals surface area contributed by atoms with E-state index < -0.39 is 0 Å². The highest BCUT2D eigenvalue weighted by atomic mass is 32.2. The molecule has 0 bridgehead atoms. The van der Waals surface area contributed by atoms with Crippen LogP contribution in [0.15, 0.2) is 17.4 Å². The summed E-state index contributed by atoms with van der Waals surface area (Å²) in [5.74, 6) is 0.718. The third kappa shape index (κ3) is 3.70. The van der Waals surface area contributed by atoms with E-state index in [1.807, 2.05) is 11.0 Å². The number of carbonyl (C=O) groups excluding carboxylic acids is 1. The number of hydrogen-bond donors (Lipinski definition) is 0. The molecule has 0 aromatic carbocycles. The number of amides is 1. The Morgan fingerprint density at radius 3 is 2.89 bits per heavy atom. The van der Waals surface area contributed by atoms with E-state index in [1.54, 1.807) is 6.33 Å². The lowest BCUT2D eigenvalue weighted by Gasteiger charge is -2.14. The minimum absolute atomic E-state index is 0.230. The molecular weight excluding hydrogens is 246 g/mol. The third-order valence-electron chi connectivity index (χ3n) is 3.01. The molecule has 0 saturated carbocycles. The monoisotopic (exact) mass is 265 g/mol. The zero-order valence-electron chi connectivity index (χ0n) is 10.8. The van der Waals surface area contributed by atoms with Crippen LogP contribution in [0.5, 0.6) is 0 Å². The lowest BCUT2D eigenvalue weighted by atomic mass is 10.2. The van der Waals surface area contributed by atoms with Crippen molar-refractivity contribution >= 4 is 17.7 Å². The summed E-state index contributed by atoms with van der Waals surface area (Å²) in [5, 5.41) is 0.904. The largest absolute Gasteiger partial charge is 0.342 e. The molecule has 2 heterocycles. The summed E-state index contributed by atoms with van der Waals surface area (Å²) >= 11 is 1.51. The lowest BCUT2D eigenvalue weighted by molar-refractivity contribution is -0.127. The Bertz CT molecular complexity index is 405. The van der Waals surface area contributed by atoms with Crippen molar-refractivity contribution < 1.29 is 4.79 Å². The van der Waals surface area contributed by atoms with Gasteiger partial charge in [-0.05, 0) is 25.3 Å². The van der Waals surface area contributed by atoms with E-state index in [-0.39, 0.29) is 5.91 Å². The molecule has 1 saturated heterocycles. The molecule has 0 spiro atoms. The summed E-state index contributed by atoms with van der Waals surface area (Å²) in [6.45, 7) is 3.97. The van der Waals surface area contributed by atoms with Crippen molar-refractivity contribution in [3.8, 4) is 0 Å². The zero-order valence-corrected chi connectivity index (χ0v) is 11.6. The van der Waals surface area contributed by atoms with Gasteiger partial charge in [-0.2, -0.15) is 0 Å². The Balaban J connectivity index is 1.85. The average Bonchev–Trinajstić information content (AvgIpc) is 2.91. The Kier molecular flexibility index (Phi) is 4.99. The molecule has 0 radical (unpaired) electrons. The SMILES string of the molecule is CCCc1cc(SCC(=O)N2CCCC2)ncn1. The van der Waals surface area contributed by atoms with Gasteiger partial charge >= 0.3 is 0 Å². The fourth-order valence-corrected chi connectivity index (χ4v) is 2.84. The van der Waals surface area contributed by atoms with Crippen LogP contribution in [-0.2, 0) is 11.2 Å². The molecule has 0 aliphatic carbocycles. The van der Waals surface area contributed by atoms with Gasteiger partial charge in [0.15, 0.2) is 0 Å². The van der Waals surface area contributed by atoms with E-state index in [2.05, 4.69) is 16.9 Å². The fourth-order valence-electron chi connectivity index (χ4n) is 2.04. The van der Waals surface area contributed by atoms with Gasteiger partial charge in [0.2, 0.25) is 5.91 Å². The van der Waals surface area contributed by atoms with Gasteiger partial charge in [-0.1, -0.05) is 25.1 Å². The van der Waals surface area contributed by atoms with E-state index in [4.69, 9.17) is 0 Å². The molecule has 1 aromatic heterocycles. The summed E-state index contributed by atoms with van der Waals surface area (Å²) in [4.78, 5) is 22.3. The molecule has 98 valence electrons. The predicted octanol–water partition coefficient (Wildman–Crippen LogP) is 2.14. The summed E-state index contributed by atoms with van der Waals surface area (Å²) in [6, 6.07) is 1.99. The highest BCUT2D eigenvalue weighted by Gasteiger charge is 2.17. The van der Waals surface area contributed by atoms with Crippen molar-refractivity contribution in [3.05, 3.63) is 18.1 Å². The van der Waals surface area contributed by atoms with Crippen LogP contribution in [0.1, 0.15) is 31.9 Å². The van der Waals surface area contributed by atoms with E-state index in [0.29, 0.717) is 5.75 Å². The number of rotatable bonds is 5. The Morgan fingerprint density at radius 1 is 1.39 bits per heavy atom. The first-order chi connectivity index (χ1) is 8.79. The van der Waals surface area contributed by atoms with Gasteiger partial charge < -0.3 is 4.90 Å². The molecule has 1 aliphatic heterocycles. The molecule has 4 nitrogen and oxygen atoms in total. The van der Waals surface area contributed by atoms with Gasteiger partial charge in [0.05, 0.1) is 5.75 Å². The molecule has 0 atom stereocenters. The van der Waals surface area contributed by atoms with E-state index in [9.17, 15) is 4.79 Å². The lowest BCUT2D eigenvalue weighted by Crippen LogP contribution is -2.29. The number of thioether (sulfide) groups is 1. The van der Waals surface area contributed by atoms with Crippen molar-refractivity contribution in [3.63, 3.8) is 0 Å². The maximum absolute atomic E-state index is 11.9. The Hall–Kier alpha value is -1.10. The van der Waals surface area contributed by atoms with Gasteiger partial charge in [-0.3, -0.25) is 4.79 Å². The second kappa shape index (κ2) is 6.73. The molecule has 0 unspecified atom stereocenters. The highest BCUT2D eigenvalue weighted by molar-refractivity contribution is 7.99. The molecular formula is C13H19N3OS. The number of nitrogens with zero attached hydrogens (tertiary/aromatic N) is 3. The quantitative estimate of drug-likeness (QED) is 0.604. The normalized spacial score (nSPS) is 15.1. The van der Waals surface area contributed by atoms with Gasteiger partial charge in [0.25, 0.3) is 0 Å². The summed E-state index contributed by atoms with van der Waals surface area (Å²) in [6.07, 6.45) is 5.92. The second-order valence-electron chi connectivity index (χ2n) is 4.47. The van der Waals surface area contributed by atoms with Crippen molar-refractivity contribution in [1.82, 2.24) is 14.9 Å². The van der Waals surface area contributed by atoms with E-state index in [0.717, 1.165) is 49.5 Å². The van der Waals surface area contributed by atoms with Crippen LogP contribution in [-0.4, -0.2) is 39.6 Å². The number of hydrogen-bond acceptors (Lipinski definition) is 4.